The zero-order valence-electron chi connectivity index (χ0n) is 10.2. The van der Waals surface area contributed by atoms with Crippen LogP contribution in [0, 0.1) is 5.41 Å². The normalized spacial score (nSPS) is 14.8. The van der Waals surface area contributed by atoms with Crippen LogP contribution in [0.25, 0.3) is 0 Å². The van der Waals surface area contributed by atoms with Crippen molar-refractivity contribution < 1.29 is 18.0 Å². The lowest BCUT2D eigenvalue weighted by molar-refractivity contribution is 0.0677. The standard InChI is InChI=1S/C10H18N2O4S/c1-10(2,3)9(13)6-11-17(14,15)7-8-4-5-16-12-8/h4-5,9,11,13H,6-7H2,1-3H3. The second-order valence-corrected chi connectivity index (χ2v) is 6.79. The third-order valence-electron chi connectivity index (χ3n) is 2.33. The molecule has 17 heavy (non-hydrogen) atoms. The SMILES string of the molecule is CC(C)(C)C(O)CNS(=O)(=O)Cc1ccon1. The van der Waals surface area contributed by atoms with Crippen molar-refractivity contribution in [3.63, 3.8) is 0 Å². The first-order valence-electron chi connectivity index (χ1n) is 5.25. The molecule has 0 aliphatic rings. The summed E-state index contributed by atoms with van der Waals surface area (Å²) in [6.07, 6.45) is 0.573. The molecule has 6 nitrogen and oxygen atoms in total. The number of nitrogens with one attached hydrogen (secondary N) is 1. The van der Waals surface area contributed by atoms with Gasteiger partial charge in [0.05, 0.1) is 11.8 Å². The Bertz CT molecular complexity index is 433. The largest absolute Gasteiger partial charge is 0.391 e. The van der Waals surface area contributed by atoms with Crippen LogP contribution in [0.5, 0.6) is 0 Å². The maximum absolute atomic E-state index is 11.6. The highest BCUT2D eigenvalue weighted by Crippen LogP contribution is 2.18. The van der Waals surface area contributed by atoms with E-state index in [2.05, 4.69) is 14.4 Å². The van der Waals surface area contributed by atoms with Crippen LogP contribution in [-0.2, 0) is 15.8 Å². The second-order valence-electron chi connectivity index (χ2n) is 4.98. The molecule has 7 heteroatoms. The number of hydrogen-bond donors (Lipinski definition) is 2. The van der Waals surface area contributed by atoms with Gasteiger partial charge in [-0.1, -0.05) is 25.9 Å². The Morgan fingerprint density at radius 1 is 1.53 bits per heavy atom. The minimum atomic E-state index is -3.49. The van der Waals surface area contributed by atoms with E-state index in [1.54, 1.807) is 0 Å². The average Bonchev–Trinajstić information content (AvgIpc) is 2.64. The molecule has 0 saturated carbocycles. The van der Waals surface area contributed by atoms with Gasteiger partial charge in [-0.25, -0.2) is 13.1 Å². The van der Waals surface area contributed by atoms with Crippen LogP contribution in [-0.4, -0.2) is 31.3 Å². The summed E-state index contributed by atoms with van der Waals surface area (Å²) in [6.45, 7) is 5.50. The minimum absolute atomic E-state index is 0.0102. The third-order valence-corrected chi connectivity index (χ3v) is 3.61. The molecular weight excluding hydrogens is 244 g/mol. The monoisotopic (exact) mass is 262 g/mol. The zero-order chi connectivity index (χ0) is 13.1. The van der Waals surface area contributed by atoms with Gasteiger partial charge >= 0.3 is 0 Å². The Hall–Kier alpha value is -0.920. The molecule has 1 aromatic heterocycles. The maximum Gasteiger partial charge on any atom is 0.217 e. The van der Waals surface area contributed by atoms with Crippen LogP contribution < -0.4 is 4.72 Å². The number of aromatic nitrogens is 1. The summed E-state index contributed by atoms with van der Waals surface area (Å²) in [5.41, 5.74) is -0.0288. The fourth-order valence-electron chi connectivity index (χ4n) is 1.07. The summed E-state index contributed by atoms with van der Waals surface area (Å²) in [6, 6.07) is 1.49. The number of sulfonamides is 1. The molecule has 0 spiro atoms. The molecule has 0 amide bonds. The Morgan fingerprint density at radius 2 is 2.18 bits per heavy atom. The highest BCUT2D eigenvalue weighted by Gasteiger charge is 2.24. The van der Waals surface area contributed by atoms with Gasteiger partial charge in [-0.2, -0.15) is 0 Å². The Morgan fingerprint density at radius 3 is 2.65 bits per heavy atom. The predicted octanol–water partition coefficient (Wildman–Crippen LogP) is 0.501. The van der Waals surface area contributed by atoms with E-state index in [-0.39, 0.29) is 17.7 Å². The number of aliphatic hydroxyl groups is 1. The first-order valence-corrected chi connectivity index (χ1v) is 6.90. The van der Waals surface area contributed by atoms with Crippen molar-refractivity contribution in [2.45, 2.75) is 32.6 Å². The molecule has 0 bridgehead atoms. The summed E-state index contributed by atoms with van der Waals surface area (Å²) < 4.78 is 30.1. The van der Waals surface area contributed by atoms with Gasteiger partial charge in [0, 0.05) is 12.6 Å². The molecule has 1 rings (SSSR count). The number of rotatable bonds is 5. The lowest BCUT2D eigenvalue weighted by Crippen LogP contribution is -2.39. The molecule has 2 N–H and O–H groups in total. The van der Waals surface area contributed by atoms with E-state index >= 15 is 0 Å². The van der Waals surface area contributed by atoms with E-state index in [1.807, 2.05) is 20.8 Å². The fourth-order valence-corrected chi connectivity index (χ4v) is 2.12. The first kappa shape index (κ1) is 14.1. The van der Waals surface area contributed by atoms with E-state index in [0.717, 1.165) is 0 Å². The first-order chi connectivity index (χ1) is 7.71. The molecule has 1 heterocycles. The van der Waals surface area contributed by atoms with Gasteiger partial charge < -0.3 is 9.63 Å². The summed E-state index contributed by atoms with van der Waals surface area (Å²) >= 11 is 0. The van der Waals surface area contributed by atoms with Crippen molar-refractivity contribution >= 4 is 10.0 Å². The third kappa shape index (κ3) is 4.84. The van der Waals surface area contributed by atoms with Crippen molar-refractivity contribution in [1.82, 2.24) is 9.88 Å². The van der Waals surface area contributed by atoms with E-state index in [9.17, 15) is 13.5 Å². The van der Waals surface area contributed by atoms with Crippen LogP contribution in [0.4, 0.5) is 0 Å². The lowest BCUT2D eigenvalue weighted by Gasteiger charge is -2.25. The van der Waals surface area contributed by atoms with Gasteiger partial charge in [-0.15, -0.1) is 0 Å². The van der Waals surface area contributed by atoms with Crippen molar-refractivity contribution in [2.75, 3.05) is 6.54 Å². The van der Waals surface area contributed by atoms with Gasteiger partial charge in [-0.05, 0) is 5.41 Å². The molecule has 0 aromatic carbocycles. The number of hydrogen-bond acceptors (Lipinski definition) is 5. The molecule has 1 atom stereocenters. The van der Waals surface area contributed by atoms with Gasteiger partial charge in [-0.3, -0.25) is 0 Å². The fraction of sp³-hybridized carbons (Fsp3) is 0.700. The predicted molar refractivity (Wildman–Crippen MR) is 62.6 cm³/mol. The van der Waals surface area contributed by atoms with E-state index in [4.69, 9.17) is 0 Å². The van der Waals surface area contributed by atoms with E-state index < -0.39 is 16.1 Å². The van der Waals surface area contributed by atoms with Crippen molar-refractivity contribution in [1.29, 1.82) is 0 Å². The zero-order valence-corrected chi connectivity index (χ0v) is 11.0. The Labute approximate surface area is 101 Å². The van der Waals surface area contributed by atoms with E-state index in [0.29, 0.717) is 5.69 Å². The Balaban J connectivity index is 2.51. The molecule has 0 radical (unpaired) electrons. The highest BCUT2D eigenvalue weighted by atomic mass is 32.2. The van der Waals surface area contributed by atoms with E-state index in [1.165, 1.54) is 12.3 Å². The molecule has 0 aliphatic carbocycles. The molecule has 98 valence electrons. The number of nitrogens with zero attached hydrogens (tertiary/aromatic N) is 1. The van der Waals surface area contributed by atoms with Gasteiger partial charge in [0.25, 0.3) is 0 Å². The molecule has 0 saturated heterocycles. The van der Waals surface area contributed by atoms with Crippen LogP contribution >= 0.6 is 0 Å². The van der Waals surface area contributed by atoms with Crippen molar-refractivity contribution in [3.05, 3.63) is 18.0 Å². The topological polar surface area (TPSA) is 92.4 Å². The van der Waals surface area contributed by atoms with Gasteiger partial charge in [0.1, 0.15) is 12.0 Å². The molecule has 0 fully saturated rings. The van der Waals surface area contributed by atoms with Gasteiger partial charge in [0.2, 0.25) is 10.0 Å². The maximum atomic E-state index is 11.6. The van der Waals surface area contributed by atoms with Crippen molar-refractivity contribution in [2.24, 2.45) is 5.41 Å². The summed E-state index contributed by atoms with van der Waals surface area (Å²) in [4.78, 5) is 0. The minimum Gasteiger partial charge on any atom is -0.391 e. The Kier molecular flexibility index (Phi) is 4.29. The number of aliphatic hydroxyl groups excluding tert-OH is 1. The average molecular weight is 262 g/mol. The quantitative estimate of drug-likeness (QED) is 0.806. The van der Waals surface area contributed by atoms with Gasteiger partial charge in [0.15, 0.2) is 0 Å². The highest BCUT2D eigenvalue weighted by molar-refractivity contribution is 7.88. The second kappa shape index (κ2) is 5.16. The van der Waals surface area contributed by atoms with Crippen LogP contribution in [0.2, 0.25) is 0 Å². The summed E-state index contributed by atoms with van der Waals surface area (Å²) in [7, 11) is -3.49. The molecule has 0 aliphatic heterocycles. The smallest absolute Gasteiger partial charge is 0.217 e. The molecule has 1 aromatic rings. The summed E-state index contributed by atoms with van der Waals surface area (Å²) in [5.74, 6) is -0.250. The molecule has 1 unspecified atom stereocenters. The van der Waals surface area contributed by atoms with Crippen LogP contribution in [0.15, 0.2) is 16.9 Å². The summed E-state index contributed by atoms with van der Waals surface area (Å²) in [5, 5.41) is 13.2. The van der Waals surface area contributed by atoms with Crippen LogP contribution in [0.3, 0.4) is 0 Å². The van der Waals surface area contributed by atoms with Crippen LogP contribution in [0.1, 0.15) is 26.5 Å². The molecular formula is C10H18N2O4S. The van der Waals surface area contributed by atoms with Crippen molar-refractivity contribution in [3.8, 4) is 0 Å². The lowest BCUT2D eigenvalue weighted by atomic mass is 9.89.